The molecule has 0 aliphatic rings. The summed E-state index contributed by atoms with van der Waals surface area (Å²) in [5.41, 5.74) is 2.72. The molecule has 2 rings (SSSR count). The summed E-state index contributed by atoms with van der Waals surface area (Å²) in [5, 5.41) is 5.81. The van der Waals surface area contributed by atoms with E-state index in [1.165, 1.54) is 0 Å². The van der Waals surface area contributed by atoms with Gasteiger partial charge in [0.2, 0.25) is 4.70 Å². The van der Waals surface area contributed by atoms with Crippen LogP contribution in [0.3, 0.4) is 0 Å². The maximum absolute atomic E-state index is 5.81. The van der Waals surface area contributed by atoms with Gasteiger partial charge in [0, 0.05) is 12.1 Å². The van der Waals surface area contributed by atoms with Crippen molar-refractivity contribution in [3.63, 3.8) is 0 Å². The number of rotatable bonds is 2. The first kappa shape index (κ1) is 8.47. The summed E-state index contributed by atoms with van der Waals surface area (Å²) in [4.78, 5) is 4.21. The minimum Gasteiger partial charge on any atom is -0.494 e. The second-order valence-corrected chi connectivity index (χ2v) is 4.06. The van der Waals surface area contributed by atoms with E-state index in [0.717, 1.165) is 16.0 Å². The average molecular weight is 195 g/mol. The SMILES string of the molecule is CCOc1ccc2c(c1)nc[s+]2N. The van der Waals surface area contributed by atoms with Gasteiger partial charge in [0.25, 0.3) is 5.51 Å². The van der Waals surface area contributed by atoms with Gasteiger partial charge in [-0.05, 0) is 13.0 Å². The largest absolute Gasteiger partial charge is 0.494 e. The molecule has 0 aliphatic heterocycles. The van der Waals surface area contributed by atoms with Gasteiger partial charge in [-0.3, -0.25) is 0 Å². The molecule has 1 atom stereocenters. The van der Waals surface area contributed by atoms with Crippen molar-refractivity contribution in [2.45, 2.75) is 6.92 Å². The monoisotopic (exact) mass is 195 g/mol. The zero-order valence-corrected chi connectivity index (χ0v) is 8.17. The second-order valence-electron chi connectivity index (χ2n) is 2.67. The number of ether oxygens (including phenoxy) is 1. The molecule has 4 heteroatoms. The molecule has 0 spiro atoms. The van der Waals surface area contributed by atoms with Crippen LogP contribution in [0.5, 0.6) is 5.75 Å². The first-order valence-corrected chi connectivity index (χ1v) is 5.45. The molecule has 0 radical (unpaired) electrons. The zero-order chi connectivity index (χ0) is 9.26. The molecule has 2 aromatic rings. The van der Waals surface area contributed by atoms with Crippen molar-refractivity contribution in [3.05, 3.63) is 23.7 Å². The van der Waals surface area contributed by atoms with Crippen molar-refractivity contribution in [2.24, 2.45) is 0 Å². The Labute approximate surface area is 79.3 Å². The number of nitrogens with two attached hydrogens (primary N) is 1. The number of nitrogen functional groups attached to an aromatic ring is 1. The van der Waals surface area contributed by atoms with E-state index in [0.29, 0.717) is 6.61 Å². The summed E-state index contributed by atoms with van der Waals surface area (Å²) in [6, 6.07) is 5.84. The van der Waals surface area contributed by atoms with Gasteiger partial charge < -0.3 is 4.74 Å². The van der Waals surface area contributed by atoms with Crippen LogP contribution in [0.4, 0.5) is 0 Å². The lowest BCUT2D eigenvalue weighted by Gasteiger charge is -1.99. The highest BCUT2D eigenvalue weighted by atomic mass is 32.2. The molecule has 0 saturated heterocycles. The Morgan fingerprint density at radius 2 is 2.38 bits per heavy atom. The zero-order valence-electron chi connectivity index (χ0n) is 7.36. The van der Waals surface area contributed by atoms with Gasteiger partial charge in [0.15, 0.2) is 0 Å². The second kappa shape index (κ2) is 3.32. The first-order valence-electron chi connectivity index (χ1n) is 4.10. The van der Waals surface area contributed by atoms with Crippen molar-refractivity contribution < 1.29 is 4.74 Å². The topological polar surface area (TPSA) is 48.1 Å². The maximum Gasteiger partial charge on any atom is 0.252 e. The van der Waals surface area contributed by atoms with Gasteiger partial charge in [-0.25, -0.2) is 0 Å². The molecule has 68 valence electrons. The lowest BCUT2D eigenvalue weighted by Crippen LogP contribution is -1.90. The number of nitrogens with zero attached hydrogens (tertiary/aromatic N) is 1. The molecule has 1 aromatic heterocycles. The van der Waals surface area contributed by atoms with Crippen LogP contribution >= 0.6 is 10.7 Å². The van der Waals surface area contributed by atoms with Crippen LogP contribution < -0.4 is 9.88 Å². The third-order valence-corrected chi connectivity index (χ3v) is 2.99. The summed E-state index contributed by atoms with van der Waals surface area (Å²) in [6.45, 7) is 2.64. The van der Waals surface area contributed by atoms with E-state index in [2.05, 4.69) is 4.98 Å². The van der Waals surface area contributed by atoms with Crippen LogP contribution in [0.1, 0.15) is 6.92 Å². The molecule has 0 amide bonds. The first-order chi connectivity index (χ1) is 6.31. The number of thiazole rings is 1. The smallest absolute Gasteiger partial charge is 0.252 e. The van der Waals surface area contributed by atoms with E-state index in [9.17, 15) is 0 Å². The molecule has 0 fully saturated rings. The number of benzene rings is 1. The lowest BCUT2D eigenvalue weighted by atomic mass is 10.3. The lowest BCUT2D eigenvalue weighted by molar-refractivity contribution is 0.340. The third kappa shape index (κ3) is 1.50. The summed E-state index contributed by atoms with van der Waals surface area (Å²) >= 11 is 0. The molecule has 2 N–H and O–H groups in total. The Kier molecular flexibility index (Phi) is 2.16. The normalized spacial score (nSPS) is 12.0. The van der Waals surface area contributed by atoms with Crippen molar-refractivity contribution >= 4 is 20.9 Å². The number of hydrogen-bond acceptors (Lipinski definition) is 3. The predicted molar refractivity (Wildman–Crippen MR) is 55.5 cm³/mol. The molecule has 13 heavy (non-hydrogen) atoms. The Balaban J connectivity index is 2.50. The van der Waals surface area contributed by atoms with Gasteiger partial charge in [-0.1, -0.05) is 0 Å². The summed E-state index contributed by atoms with van der Waals surface area (Å²) in [7, 11) is -0.307. The Hall–Kier alpha value is -1.13. The Morgan fingerprint density at radius 3 is 3.15 bits per heavy atom. The highest BCUT2D eigenvalue weighted by Crippen LogP contribution is 2.26. The molecule has 1 aromatic carbocycles. The minimum absolute atomic E-state index is 0.307. The molecule has 1 heterocycles. The van der Waals surface area contributed by atoms with E-state index < -0.39 is 0 Å². The Bertz CT molecular complexity index is 424. The highest BCUT2D eigenvalue weighted by molar-refractivity contribution is 7.35. The fraction of sp³-hybridized carbons (Fsp3) is 0.222. The van der Waals surface area contributed by atoms with Crippen molar-refractivity contribution in [1.29, 1.82) is 0 Å². The van der Waals surface area contributed by atoms with Crippen LogP contribution in [0.15, 0.2) is 23.7 Å². The van der Waals surface area contributed by atoms with Crippen LogP contribution in [0, 0.1) is 0 Å². The van der Waals surface area contributed by atoms with Crippen LogP contribution in [-0.4, -0.2) is 11.6 Å². The molecule has 0 bridgehead atoms. The fourth-order valence-electron chi connectivity index (χ4n) is 1.22. The molecular formula is C9H11N2OS+. The summed E-state index contributed by atoms with van der Waals surface area (Å²) in [5.74, 6) is 0.859. The fourth-order valence-corrected chi connectivity index (χ4v) is 2.14. The van der Waals surface area contributed by atoms with E-state index in [4.69, 9.17) is 9.88 Å². The standard InChI is InChI=1S/C9H11N2OS/c1-2-12-7-3-4-9-8(5-7)11-6-13(9)10/h3-6H,2,10H2,1H3/q+1. The van der Waals surface area contributed by atoms with E-state index in [-0.39, 0.29) is 10.7 Å². The van der Waals surface area contributed by atoms with Crippen molar-refractivity contribution in [1.82, 2.24) is 4.98 Å². The van der Waals surface area contributed by atoms with Crippen LogP contribution in [-0.2, 0) is 0 Å². The van der Waals surface area contributed by atoms with E-state index in [1.54, 1.807) is 5.51 Å². The maximum atomic E-state index is 5.81. The van der Waals surface area contributed by atoms with Gasteiger partial charge in [-0.2, -0.15) is 4.98 Å². The number of aromatic nitrogens is 1. The minimum atomic E-state index is -0.307. The van der Waals surface area contributed by atoms with Crippen molar-refractivity contribution in [2.75, 3.05) is 11.7 Å². The summed E-state index contributed by atoms with van der Waals surface area (Å²) < 4.78 is 6.46. The molecule has 0 aliphatic carbocycles. The van der Waals surface area contributed by atoms with Gasteiger partial charge >= 0.3 is 0 Å². The third-order valence-electron chi connectivity index (χ3n) is 1.80. The van der Waals surface area contributed by atoms with E-state index in [1.807, 2.05) is 25.1 Å². The molecule has 3 nitrogen and oxygen atoms in total. The predicted octanol–water partition coefficient (Wildman–Crippen LogP) is 2.10. The van der Waals surface area contributed by atoms with Crippen LogP contribution in [0.25, 0.3) is 10.2 Å². The summed E-state index contributed by atoms with van der Waals surface area (Å²) in [6.07, 6.45) is 0. The Morgan fingerprint density at radius 1 is 1.54 bits per heavy atom. The van der Waals surface area contributed by atoms with Crippen LogP contribution in [0.2, 0.25) is 0 Å². The van der Waals surface area contributed by atoms with Crippen molar-refractivity contribution in [3.8, 4) is 5.75 Å². The highest BCUT2D eigenvalue weighted by Gasteiger charge is 2.10. The number of fused-ring (bicyclic) bond motifs is 1. The van der Waals surface area contributed by atoms with Gasteiger partial charge in [0.05, 0.1) is 17.3 Å². The van der Waals surface area contributed by atoms with Gasteiger partial charge in [-0.15, -0.1) is 5.14 Å². The molecular weight excluding hydrogens is 184 g/mol. The average Bonchev–Trinajstić information content (AvgIpc) is 2.48. The number of hydrogen-bond donors (Lipinski definition) is 1. The van der Waals surface area contributed by atoms with Gasteiger partial charge in [0.1, 0.15) is 11.3 Å². The van der Waals surface area contributed by atoms with E-state index >= 15 is 0 Å². The molecule has 0 saturated carbocycles. The molecule has 1 unspecified atom stereocenters. The quantitative estimate of drug-likeness (QED) is 0.746.